The van der Waals surface area contributed by atoms with E-state index in [0.717, 1.165) is 18.8 Å². The third-order valence-electron chi connectivity index (χ3n) is 4.08. The summed E-state index contributed by atoms with van der Waals surface area (Å²) in [6.45, 7) is 1.52. The van der Waals surface area contributed by atoms with Gasteiger partial charge in [-0.05, 0) is 36.8 Å². The molecule has 1 saturated heterocycles. The van der Waals surface area contributed by atoms with Crippen molar-refractivity contribution < 1.29 is 4.79 Å². The van der Waals surface area contributed by atoms with Gasteiger partial charge >= 0.3 is 6.03 Å². The van der Waals surface area contributed by atoms with E-state index in [1.807, 2.05) is 12.1 Å². The molecular weight excluding hydrogens is 342 g/mol. The number of nitrogens with zero attached hydrogens (tertiary/aromatic N) is 5. The number of hydrogen-bond acceptors (Lipinski definition) is 5. The van der Waals surface area contributed by atoms with Crippen molar-refractivity contribution in [2.75, 3.05) is 23.3 Å². The molecule has 9 heteroatoms. The fourth-order valence-corrected chi connectivity index (χ4v) is 3.08. The van der Waals surface area contributed by atoms with Gasteiger partial charge in [0.15, 0.2) is 5.65 Å². The van der Waals surface area contributed by atoms with Gasteiger partial charge in [0.25, 0.3) is 0 Å². The second-order valence-corrected chi connectivity index (χ2v) is 6.30. The Kier molecular flexibility index (Phi) is 4.10. The van der Waals surface area contributed by atoms with E-state index < -0.39 is 0 Å². The molecule has 1 aliphatic heterocycles. The summed E-state index contributed by atoms with van der Waals surface area (Å²) in [6.07, 6.45) is 2.42. The zero-order valence-corrected chi connectivity index (χ0v) is 14.0. The van der Waals surface area contributed by atoms with Crippen LogP contribution in [0.1, 0.15) is 6.42 Å². The van der Waals surface area contributed by atoms with Crippen LogP contribution in [0.4, 0.5) is 16.3 Å². The van der Waals surface area contributed by atoms with Crippen molar-refractivity contribution in [1.82, 2.24) is 25.1 Å². The van der Waals surface area contributed by atoms with E-state index in [9.17, 15) is 4.79 Å². The van der Waals surface area contributed by atoms with Gasteiger partial charge in [-0.2, -0.15) is 4.52 Å². The van der Waals surface area contributed by atoms with Crippen molar-refractivity contribution in [2.24, 2.45) is 0 Å². The van der Waals surface area contributed by atoms with E-state index in [0.29, 0.717) is 22.9 Å². The third-order valence-corrected chi connectivity index (χ3v) is 4.31. The molecule has 0 radical (unpaired) electrons. The predicted octanol–water partition coefficient (Wildman–Crippen LogP) is 2.18. The lowest BCUT2D eigenvalue weighted by Gasteiger charge is -2.18. The highest BCUT2D eigenvalue weighted by molar-refractivity contribution is 6.30. The first kappa shape index (κ1) is 15.6. The van der Waals surface area contributed by atoms with Gasteiger partial charge in [-0.1, -0.05) is 17.7 Å². The molecule has 128 valence electrons. The highest BCUT2D eigenvalue weighted by atomic mass is 35.5. The molecule has 8 nitrogen and oxygen atoms in total. The second kappa shape index (κ2) is 6.56. The summed E-state index contributed by atoms with van der Waals surface area (Å²) in [5.41, 5.74) is 1.37. The molecule has 0 spiro atoms. The van der Waals surface area contributed by atoms with E-state index in [2.05, 4.69) is 30.8 Å². The minimum absolute atomic E-state index is 0.0533. The lowest BCUT2D eigenvalue weighted by Crippen LogP contribution is -2.39. The summed E-state index contributed by atoms with van der Waals surface area (Å²) in [7, 11) is 0. The molecule has 2 aromatic heterocycles. The molecular formula is C16H16ClN7O. The van der Waals surface area contributed by atoms with Gasteiger partial charge in [0, 0.05) is 29.8 Å². The molecule has 3 aromatic rings. The lowest BCUT2D eigenvalue weighted by atomic mass is 10.3. The number of aromatic nitrogens is 4. The standard InChI is InChI=1S/C16H16ClN7O/c17-11-2-1-3-12(8-11)19-16(25)20-13-6-7-23(9-13)15-5-4-14-21-18-10-24(14)22-15/h1-5,8,10,13H,6-7,9H2,(H2,19,20,25)/t13-/m1/s1. The average molecular weight is 358 g/mol. The zero-order chi connectivity index (χ0) is 17.2. The Labute approximate surface area is 148 Å². The van der Waals surface area contributed by atoms with Gasteiger partial charge in [-0.15, -0.1) is 15.3 Å². The Morgan fingerprint density at radius 3 is 3.08 bits per heavy atom. The van der Waals surface area contributed by atoms with Gasteiger partial charge in [0.2, 0.25) is 0 Å². The number of anilines is 2. The number of rotatable bonds is 3. The molecule has 0 aliphatic carbocycles. The average Bonchev–Trinajstić information content (AvgIpc) is 3.23. The number of urea groups is 1. The number of halogens is 1. The first-order valence-corrected chi connectivity index (χ1v) is 8.30. The number of benzene rings is 1. The molecule has 25 heavy (non-hydrogen) atoms. The van der Waals surface area contributed by atoms with E-state index in [-0.39, 0.29) is 12.1 Å². The van der Waals surface area contributed by atoms with Crippen molar-refractivity contribution in [1.29, 1.82) is 0 Å². The summed E-state index contributed by atoms with van der Waals surface area (Å²) in [5.74, 6) is 0.840. The van der Waals surface area contributed by atoms with E-state index in [1.165, 1.54) is 0 Å². The molecule has 0 saturated carbocycles. The van der Waals surface area contributed by atoms with Crippen LogP contribution in [-0.4, -0.2) is 45.0 Å². The third kappa shape index (κ3) is 3.48. The van der Waals surface area contributed by atoms with Crippen molar-refractivity contribution in [3.05, 3.63) is 47.7 Å². The number of nitrogens with one attached hydrogen (secondary N) is 2. The SMILES string of the molecule is O=C(Nc1cccc(Cl)c1)N[C@@H]1CCN(c2ccc3nncn3n2)C1. The fraction of sp³-hybridized carbons (Fsp3) is 0.250. The van der Waals surface area contributed by atoms with Crippen LogP contribution in [0.3, 0.4) is 0 Å². The maximum absolute atomic E-state index is 12.1. The van der Waals surface area contributed by atoms with E-state index in [4.69, 9.17) is 11.6 Å². The molecule has 1 aromatic carbocycles. The summed E-state index contributed by atoms with van der Waals surface area (Å²) < 4.78 is 1.64. The first-order chi connectivity index (χ1) is 12.2. The van der Waals surface area contributed by atoms with Crippen LogP contribution in [0.15, 0.2) is 42.7 Å². The smallest absolute Gasteiger partial charge is 0.319 e. The van der Waals surface area contributed by atoms with Crippen molar-refractivity contribution >= 4 is 34.8 Å². The first-order valence-electron chi connectivity index (χ1n) is 7.92. The van der Waals surface area contributed by atoms with Crippen LogP contribution < -0.4 is 15.5 Å². The Morgan fingerprint density at radius 1 is 1.28 bits per heavy atom. The number of amides is 2. The van der Waals surface area contributed by atoms with Crippen molar-refractivity contribution in [2.45, 2.75) is 12.5 Å². The molecule has 1 fully saturated rings. The van der Waals surface area contributed by atoms with Gasteiger partial charge in [0.1, 0.15) is 12.1 Å². The van der Waals surface area contributed by atoms with Crippen LogP contribution in [0, 0.1) is 0 Å². The van der Waals surface area contributed by atoms with Gasteiger partial charge in [-0.25, -0.2) is 4.79 Å². The molecule has 4 rings (SSSR count). The second-order valence-electron chi connectivity index (χ2n) is 5.87. The monoisotopic (exact) mass is 357 g/mol. The normalized spacial score (nSPS) is 17.0. The van der Waals surface area contributed by atoms with E-state index >= 15 is 0 Å². The predicted molar refractivity (Wildman–Crippen MR) is 95.0 cm³/mol. The molecule has 2 N–H and O–H groups in total. The number of carbonyl (C=O) groups is 1. The van der Waals surface area contributed by atoms with Crippen LogP contribution in [0.2, 0.25) is 5.02 Å². The Hall–Kier alpha value is -2.87. The number of fused-ring (bicyclic) bond motifs is 1. The quantitative estimate of drug-likeness (QED) is 0.750. The lowest BCUT2D eigenvalue weighted by molar-refractivity contribution is 0.249. The highest BCUT2D eigenvalue weighted by Gasteiger charge is 2.25. The minimum Gasteiger partial charge on any atom is -0.353 e. The molecule has 3 heterocycles. The van der Waals surface area contributed by atoms with Crippen LogP contribution >= 0.6 is 11.6 Å². The van der Waals surface area contributed by atoms with Crippen LogP contribution in [0.25, 0.3) is 5.65 Å². The molecule has 1 aliphatic rings. The highest BCUT2D eigenvalue weighted by Crippen LogP contribution is 2.19. The largest absolute Gasteiger partial charge is 0.353 e. The summed E-state index contributed by atoms with van der Waals surface area (Å²) in [5, 5.41) is 18.6. The molecule has 1 atom stereocenters. The van der Waals surface area contributed by atoms with Crippen molar-refractivity contribution in [3.63, 3.8) is 0 Å². The summed E-state index contributed by atoms with van der Waals surface area (Å²) in [6, 6.07) is 10.7. The topological polar surface area (TPSA) is 87.5 Å². The molecule has 0 unspecified atom stereocenters. The summed E-state index contributed by atoms with van der Waals surface area (Å²) in [4.78, 5) is 14.3. The van der Waals surface area contributed by atoms with Crippen LogP contribution in [-0.2, 0) is 0 Å². The summed E-state index contributed by atoms with van der Waals surface area (Å²) >= 11 is 5.92. The molecule has 2 amide bonds. The van der Waals surface area contributed by atoms with Crippen molar-refractivity contribution in [3.8, 4) is 0 Å². The molecule has 0 bridgehead atoms. The maximum Gasteiger partial charge on any atom is 0.319 e. The Balaban J connectivity index is 1.36. The number of hydrogen-bond donors (Lipinski definition) is 2. The van der Waals surface area contributed by atoms with Gasteiger partial charge in [-0.3, -0.25) is 0 Å². The fourth-order valence-electron chi connectivity index (χ4n) is 2.89. The number of carbonyl (C=O) groups excluding carboxylic acids is 1. The maximum atomic E-state index is 12.1. The van der Waals surface area contributed by atoms with Crippen LogP contribution in [0.5, 0.6) is 0 Å². The zero-order valence-electron chi connectivity index (χ0n) is 13.3. The van der Waals surface area contributed by atoms with E-state index in [1.54, 1.807) is 35.1 Å². The Bertz CT molecular complexity index is 912. The Morgan fingerprint density at radius 2 is 2.20 bits per heavy atom. The minimum atomic E-state index is -0.240. The van der Waals surface area contributed by atoms with Gasteiger partial charge < -0.3 is 15.5 Å². The van der Waals surface area contributed by atoms with Gasteiger partial charge in [0.05, 0.1) is 0 Å².